The van der Waals surface area contributed by atoms with Crippen molar-refractivity contribution in [3.63, 3.8) is 0 Å². The van der Waals surface area contributed by atoms with Gasteiger partial charge in [-0.2, -0.15) is 19.5 Å². The molecule has 0 aliphatic carbocycles. The maximum absolute atomic E-state index is 6.08. The van der Waals surface area contributed by atoms with Crippen LogP contribution in [0.15, 0.2) is 47.1 Å². The van der Waals surface area contributed by atoms with Crippen molar-refractivity contribution < 1.29 is 4.42 Å². The summed E-state index contributed by atoms with van der Waals surface area (Å²) in [4.78, 5) is 15.7. The van der Waals surface area contributed by atoms with Crippen LogP contribution in [-0.4, -0.2) is 48.6 Å². The lowest BCUT2D eigenvalue weighted by Gasteiger charge is -2.25. The number of hydrogen-bond donors (Lipinski definition) is 2. The van der Waals surface area contributed by atoms with E-state index < -0.39 is 0 Å². The van der Waals surface area contributed by atoms with Gasteiger partial charge in [0, 0.05) is 19.1 Å². The summed E-state index contributed by atoms with van der Waals surface area (Å²) in [5.74, 6) is 2.07. The number of benzene rings is 1. The lowest BCUT2D eigenvalue weighted by atomic mass is 10.1. The first-order valence-corrected chi connectivity index (χ1v) is 10.1. The van der Waals surface area contributed by atoms with Crippen molar-refractivity contribution in [2.75, 3.05) is 24.1 Å². The third-order valence-electron chi connectivity index (χ3n) is 5.44. The molecule has 4 aromatic rings. The molecule has 1 aliphatic heterocycles. The third-order valence-corrected chi connectivity index (χ3v) is 5.44. The molecule has 1 saturated heterocycles. The molecule has 5 rings (SSSR count). The Morgan fingerprint density at radius 1 is 1.20 bits per heavy atom. The Balaban J connectivity index is 1.29. The second-order valence-electron chi connectivity index (χ2n) is 7.67. The van der Waals surface area contributed by atoms with Crippen LogP contribution in [0, 0.1) is 6.92 Å². The lowest BCUT2D eigenvalue weighted by molar-refractivity contribution is 0.254. The summed E-state index contributed by atoms with van der Waals surface area (Å²) in [6.07, 6.45) is 3.91. The Hall–Kier alpha value is -3.46. The molecule has 0 saturated carbocycles. The monoisotopic (exact) mass is 404 g/mol. The van der Waals surface area contributed by atoms with E-state index in [4.69, 9.17) is 10.2 Å². The van der Waals surface area contributed by atoms with Gasteiger partial charge in [0.2, 0.25) is 17.7 Å². The summed E-state index contributed by atoms with van der Waals surface area (Å²) in [7, 11) is 0. The molecule has 4 heterocycles. The molecule has 9 heteroatoms. The number of nitrogen functional groups attached to an aromatic ring is 1. The van der Waals surface area contributed by atoms with Gasteiger partial charge in [-0.15, -0.1) is 5.10 Å². The van der Waals surface area contributed by atoms with Crippen molar-refractivity contribution >= 4 is 17.7 Å². The number of nitrogens with two attached hydrogens (primary N) is 1. The van der Waals surface area contributed by atoms with Crippen molar-refractivity contribution in [2.24, 2.45) is 0 Å². The van der Waals surface area contributed by atoms with Crippen LogP contribution < -0.4 is 11.1 Å². The Morgan fingerprint density at radius 2 is 2.13 bits per heavy atom. The summed E-state index contributed by atoms with van der Waals surface area (Å²) in [6.45, 7) is 4.93. The highest BCUT2D eigenvalue weighted by atomic mass is 16.3. The average Bonchev–Trinajstić information content (AvgIpc) is 3.47. The molecule has 0 unspecified atom stereocenters. The van der Waals surface area contributed by atoms with Gasteiger partial charge in [0.05, 0.1) is 6.26 Å². The van der Waals surface area contributed by atoms with Gasteiger partial charge in [0.1, 0.15) is 0 Å². The zero-order valence-electron chi connectivity index (χ0n) is 16.8. The smallest absolute Gasteiger partial charge is 0.259 e. The summed E-state index contributed by atoms with van der Waals surface area (Å²) in [6, 6.07) is 12.7. The first kappa shape index (κ1) is 18.6. The van der Waals surface area contributed by atoms with E-state index in [9.17, 15) is 0 Å². The van der Waals surface area contributed by atoms with Crippen LogP contribution in [-0.2, 0) is 6.54 Å². The molecule has 9 nitrogen and oxygen atoms in total. The van der Waals surface area contributed by atoms with E-state index in [0.29, 0.717) is 29.4 Å². The molecule has 3 aromatic heterocycles. The number of rotatable bonds is 6. The van der Waals surface area contributed by atoms with Gasteiger partial charge in [-0.1, -0.05) is 29.8 Å². The number of hydrogen-bond acceptors (Lipinski definition) is 8. The van der Waals surface area contributed by atoms with E-state index in [1.165, 1.54) is 22.1 Å². The second-order valence-corrected chi connectivity index (χ2v) is 7.67. The van der Waals surface area contributed by atoms with Gasteiger partial charge >= 0.3 is 0 Å². The molecule has 1 atom stereocenters. The highest BCUT2D eigenvalue weighted by molar-refractivity contribution is 5.52. The number of nitrogens with zero attached hydrogens (tertiary/aromatic N) is 6. The molecule has 30 heavy (non-hydrogen) atoms. The highest BCUT2D eigenvalue weighted by Gasteiger charge is 2.25. The molecule has 3 N–H and O–H groups in total. The molecule has 0 amide bonds. The van der Waals surface area contributed by atoms with E-state index >= 15 is 0 Å². The van der Waals surface area contributed by atoms with Crippen molar-refractivity contribution in [3.05, 3.63) is 53.8 Å². The first-order chi connectivity index (χ1) is 14.7. The lowest BCUT2D eigenvalue weighted by Crippen LogP contribution is -2.34. The number of furan rings is 1. The van der Waals surface area contributed by atoms with E-state index in [1.807, 2.05) is 0 Å². The average molecular weight is 404 g/mol. The van der Waals surface area contributed by atoms with Crippen LogP contribution in [0.3, 0.4) is 0 Å². The molecule has 154 valence electrons. The zero-order valence-corrected chi connectivity index (χ0v) is 16.8. The topological polar surface area (TPSA) is 110 Å². The first-order valence-electron chi connectivity index (χ1n) is 10.1. The molecule has 0 bridgehead atoms. The Bertz CT molecular complexity index is 1150. The second kappa shape index (κ2) is 7.75. The van der Waals surface area contributed by atoms with Crippen LogP contribution in [0.5, 0.6) is 0 Å². The SMILES string of the molecule is Cc1cccc(CN2CCC[C@@H]2CNc2nc(N)n3nc(-c4ccco4)nc3n2)c1. The summed E-state index contributed by atoms with van der Waals surface area (Å²) >= 11 is 0. The number of aromatic nitrogens is 5. The van der Waals surface area contributed by atoms with Gasteiger partial charge in [-0.25, -0.2) is 0 Å². The Kier molecular flexibility index (Phi) is 4.80. The van der Waals surface area contributed by atoms with Gasteiger partial charge in [-0.3, -0.25) is 4.90 Å². The summed E-state index contributed by atoms with van der Waals surface area (Å²) in [5, 5.41) is 7.67. The minimum Gasteiger partial charge on any atom is -0.461 e. The highest BCUT2D eigenvalue weighted by Crippen LogP contribution is 2.22. The predicted molar refractivity (Wildman–Crippen MR) is 114 cm³/mol. The summed E-state index contributed by atoms with van der Waals surface area (Å²) < 4.78 is 6.77. The fraction of sp³-hybridized carbons (Fsp3) is 0.333. The maximum Gasteiger partial charge on any atom is 0.259 e. The molecule has 1 fully saturated rings. The minimum absolute atomic E-state index is 0.232. The fourth-order valence-electron chi connectivity index (χ4n) is 3.98. The van der Waals surface area contributed by atoms with Crippen LogP contribution >= 0.6 is 0 Å². The molecule has 0 radical (unpaired) electrons. The van der Waals surface area contributed by atoms with E-state index in [-0.39, 0.29) is 5.95 Å². The van der Waals surface area contributed by atoms with E-state index in [0.717, 1.165) is 26.1 Å². The molecular weight excluding hydrogens is 380 g/mol. The number of aryl methyl sites for hydroxylation is 1. The molecular formula is C21H24N8O. The summed E-state index contributed by atoms with van der Waals surface area (Å²) in [5.41, 5.74) is 8.72. The number of likely N-dealkylation sites (tertiary alicyclic amines) is 1. The van der Waals surface area contributed by atoms with E-state index in [1.54, 1.807) is 18.4 Å². The number of anilines is 2. The normalized spacial score (nSPS) is 17.0. The van der Waals surface area contributed by atoms with Crippen LogP contribution in [0.25, 0.3) is 17.4 Å². The Labute approximate surface area is 174 Å². The van der Waals surface area contributed by atoms with Gasteiger partial charge in [0.25, 0.3) is 5.78 Å². The maximum atomic E-state index is 6.08. The van der Waals surface area contributed by atoms with Crippen molar-refractivity contribution in [2.45, 2.75) is 32.4 Å². The largest absolute Gasteiger partial charge is 0.461 e. The van der Waals surface area contributed by atoms with Gasteiger partial charge in [-0.05, 0) is 44.0 Å². The van der Waals surface area contributed by atoms with E-state index in [2.05, 4.69) is 61.5 Å². The fourth-order valence-corrected chi connectivity index (χ4v) is 3.98. The zero-order chi connectivity index (χ0) is 20.5. The minimum atomic E-state index is 0.232. The quantitative estimate of drug-likeness (QED) is 0.505. The Morgan fingerprint density at radius 3 is 2.97 bits per heavy atom. The molecule has 1 aromatic carbocycles. The van der Waals surface area contributed by atoms with Crippen LogP contribution in [0.2, 0.25) is 0 Å². The van der Waals surface area contributed by atoms with Crippen molar-refractivity contribution in [1.82, 2.24) is 29.5 Å². The van der Waals surface area contributed by atoms with Gasteiger partial charge < -0.3 is 15.5 Å². The standard InChI is InChI=1S/C21H24N8O/c1-14-5-2-6-15(11-14)13-28-9-3-7-16(28)12-23-20-25-19(22)29-21(26-20)24-18(27-29)17-8-4-10-30-17/h2,4-6,8,10-11,16H,3,7,9,12-13H2,1H3,(H3,22,23,24,25,26,27)/t16-/m1/s1. The van der Waals surface area contributed by atoms with Crippen LogP contribution in [0.4, 0.5) is 11.9 Å². The molecule has 0 spiro atoms. The van der Waals surface area contributed by atoms with Crippen molar-refractivity contribution in [3.8, 4) is 11.6 Å². The number of nitrogens with one attached hydrogen (secondary N) is 1. The third kappa shape index (κ3) is 3.71. The number of fused-ring (bicyclic) bond motifs is 1. The predicted octanol–water partition coefficient (Wildman–Crippen LogP) is 2.75. The van der Waals surface area contributed by atoms with Gasteiger partial charge in [0.15, 0.2) is 5.76 Å². The molecule has 1 aliphatic rings. The van der Waals surface area contributed by atoms with Crippen molar-refractivity contribution in [1.29, 1.82) is 0 Å². The van der Waals surface area contributed by atoms with Crippen LogP contribution in [0.1, 0.15) is 24.0 Å².